The molecule has 0 bridgehead atoms. The number of carbonyl (C=O) groups excluding carboxylic acids is 2. The average Bonchev–Trinajstić information content (AvgIpc) is 2.78. The fourth-order valence-corrected chi connectivity index (χ4v) is 3.91. The van der Waals surface area contributed by atoms with Crippen molar-refractivity contribution >= 4 is 12.1 Å². The maximum absolute atomic E-state index is 13.3. The highest BCUT2D eigenvalue weighted by Crippen LogP contribution is 2.43. The first-order valence-corrected chi connectivity index (χ1v) is 11.0. The van der Waals surface area contributed by atoms with Gasteiger partial charge in [0.15, 0.2) is 6.10 Å². The van der Waals surface area contributed by atoms with Crippen molar-refractivity contribution in [1.82, 2.24) is 4.90 Å². The first kappa shape index (κ1) is 24.6. The van der Waals surface area contributed by atoms with Crippen molar-refractivity contribution in [3.8, 4) is 0 Å². The van der Waals surface area contributed by atoms with Gasteiger partial charge in [0.2, 0.25) is 0 Å². The molecule has 2 aromatic rings. The standard InChI is InChI=1S/C25H28F3NO4/c1-17(2)16-32-24(31)29-20(14-9-15-25(26,27)28)23(30)33-22(19-12-7-4-8-13-19)21(29)18-10-5-3-6-11-18/h3-8,10-13,17,20-22H,9,14-16H2,1-2H3. The molecule has 1 saturated heterocycles. The number of esters is 1. The molecule has 1 aliphatic rings. The van der Waals surface area contributed by atoms with Crippen molar-refractivity contribution in [2.75, 3.05) is 6.61 Å². The number of hydrogen-bond donors (Lipinski definition) is 0. The summed E-state index contributed by atoms with van der Waals surface area (Å²) in [5, 5.41) is 0. The summed E-state index contributed by atoms with van der Waals surface area (Å²) >= 11 is 0. The Hall–Kier alpha value is -3.03. The number of carbonyl (C=O) groups is 2. The van der Waals surface area contributed by atoms with Crippen LogP contribution >= 0.6 is 0 Å². The molecule has 3 atom stereocenters. The number of benzene rings is 2. The molecule has 0 spiro atoms. The smallest absolute Gasteiger partial charge is 0.411 e. The summed E-state index contributed by atoms with van der Waals surface area (Å²) in [6.07, 6.45) is -7.47. The van der Waals surface area contributed by atoms with Crippen LogP contribution in [0.5, 0.6) is 0 Å². The molecule has 1 fully saturated rings. The van der Waals surface area contributed by atoms with Crippen LogP contribution in [0.25, 0.3) is 0 Å². The van der Waals surface area contributed by atoms with E-state index in [0.29, 0.717) is 11.1 Å². The normalized spacial score (nSPS) is 21.1. The molecule has 5 nitrogen and oxygen atoms in total. The van der Waals surface area contributed by atoms with E-state index in [0.717, 1.165) is 0 Å². The van der Waals surface area contributed by atoms with E-state index in [9.17, 15) is 22.8 Å². The predicted molar refractivity (Wildman–Crippen MR) is 116 cm³/mol. The van der Waals surface area contributed by atoms with Crippen LogP contribution in [-0.2, 0) is 14.3 Å². The molecule has 0 N–H and O–H groups in total. The SMILES string of the molecule is CC(C)COC(=O)N1C(CCCC(F)(F)F)C(=O)OC(c2ccccc2)C1c1ccccc1. The Morgan fingerprint density at radius 1 is 1.03 bits per heavy atom. The fourth-order valence-electron chi connectivity index (χ4n) is 3.91. The number of alkyl halides is 3. The third-order valence-corrected chi connectivity index (χ3v) is 5.40. The Balaban J connectivity index is 2.02. The molecule has 8 heteroatoms. The lowest BCUT2D eigenvalue weighted by atomic mass is 9.90. The van der Waals surface area contributed by atoms with Gasteiger partial charge in [0.1, 0.15) is 12.1 Å². The topological polar surface area (TPSA) is 55.8 Å². The van der Waals surface area contributed by atoms with Gasteiger partial charge < -0.3 is 9.47 Å². The molecule has 0 aromatic heterocycles. The molecule has 0 radical (unpaired) electrons. The number of rotatable bonds is 7. The molecular weight excluding hydrogens is 435 g/mol. The van der Waals surface area contributed by atoms with Crippen LogP contribution in [0.2, 0.25) is 0 Å². The van der Waals surface area contributed by atoms with Gasteiger partial charge in [-0.15, -0.1) is 0 Å². The summed E-state index contributed by atoms with van der Waals surface area (Å²) in [5.41, 5.74) is 1.37. The summed E-state index contributed by atoms with van der Waals surface area (Å²) in [5.74, 6) is -0.686. The van der Waals surface area contributed by atoms with Gasteiger partial charge in [-0.3, -0.25) is 4.90 Å². The van der Waals surface area contributed by atoms with E-state index in [1.54, 1.807) is 48.5 Å². The molecule has 33 heavy (non-hydrogen) atoms. The highest BCUT2D eigenvalue weighted by atomic mass is 19.4. The molecule has 3 unspecified atom stereocenters. The van der Waals surface area contributed by atoms with Crippen LogP contribution in [0.15, 0.2) is 60.7 Å². The lowest BCUT2D eigenvalue weighted by Crippen LogP contribution is -2.54. The second-order valence-electron chi connectivity index (χ2n) is 8.52. The largest absolute Gasteiger partial charge is 0.453 e. The van der Waals surface area contributed by atoms with E-state index in [1.165, 1.54) is 4.90 Å². The minimum Gasteiger partial charge on any atom is -0.453 e. The number of amides is 1. The Kier molecular flexibility index (Phi) is 8.00. The summed E-state index contributed by atoms with van der Waals surface area (Å²) in [6.45, 7) is 3.87. The van der Waals surface area contributed by atoms with Gasteiger partial charge in [-0.1, -0.05) is 74.5 Å². The van der Waals surface area contributed by atoms with E-state index >= 15 is 0 Å². The quantitative estimate of drug-likeness (QED) is 0.458. The van der Waals surface area contributed by atoms with Gasteiger partial charge in [0.25, 0.3) is 0 Å². The van der Waals surface area contributed by atoms with Crippen molar-refractivity contribution in [1.29, 1.82) is 0 Å². The average molecular weight is 463 g/mol. The summed E-state index contributed by atoms with van der Waals surface area (Å²) < 4.78 is 49.6. The minimum absolute atomic E-state index is 0.0504. The summed E-state index contributed by atoms with van der Waals surface area (Å²) in [6, 6.07) is 16.1. The molecular formula is C25H28F3NO4. The number of nitrogens with zero attached hydrogens (tertiary/aromatic N) is 1. The second kappa shape index (κ2) is 10.7. The molecule has 178 valence electrons. The molecule has 0 aliphatic carbocycles. The molecule has 2 aromatic carbocycles. The molecule has 1 heterocycles. The third kappa shape index (κ3) is 6.49. The summed E-state index contributed by atoms with van der Waals surface area (Å²) in [7, 11) is 0. The first-order valence-electron chi connectivity index (χ1n) is 11.0. The second-order valence-corrected chi connectivity index (χ2v) is 8.52. The third-order valence-electron chi connectivity index (χ3n) is 5.40. The lowest BCUT2D eigenvalue weighted by Gasteiger charge is -2.44. The number of cyclic esters (lactones) is 1. The Morgan fingerprint density at radius 2 is 1.61 bits per heavy atom. The molecule has 1 aliphatic heterocycles. The van der Waals surface area contributed by atoms with Crippen LogP contribution in [-0.4, -0.2) is 35.8 Å². The maximum Gasteiger partial charge on any atom is 0.411 e. The summed E-state index contributed by atoms with van der Waals surface area (Å²) in [4.78, 5) is 27.5. The highest BCUT2D eigenvalue weighted by molar-refractivity contribution is 5.83. The van der Waals surface area contributed by atoms with Crippen LogP contribution in [0.3, 0.4) is 0 Å². The lowest BCUT2D eigenvalue weighted by molar-refractivity contribution is -0.175. The van der Waals surface area contributed by atoms with Crippen molar-refractivity contribution in [2.24, 2.45) is 5.92 Å². The fraction of sp³-hybridized carbons (Fsp3) is 0.440. The predicted octanol–water partition coefficient (Wildman–Crippen LogP) is 6.22. The van der Waals surface area contributed by atoms with Gasteiger partial charge in [-0.2, -0.15) is 13.2 Å². The Bertz CT molecular complexity index is 918. The van der Waals surface area contributed by atoms with Crippen molar-refractivity contribution in [3.05, 3.63) is 71.8 Å². The van der Waals surface area contributed by atoms with Crippen molar-refractivity contribution < 1.29 is 32.2 Å². The first-order chi connectivity index (χ1) is 15.7. The zero-order valence-corrected chi connectivity index (χ0v) is 18.6. The monoisotopic (exact) mass is 463 g/mol. The molecule has 1 amide bonds. The molecule has 0 saturated carbocycles. The zero-order valence-electron chi connectivity index (χ0n) is 18.6. The van der Waals surface area contributed by atoms with Crippen LogP contribution in [0.4, 0.5) is 18.0 Å². The molecule has 3 rings (SSSR count). The maximum atomic E-state index is 13.3. The van der Waals surface area contributed by atoms with E-state index in [2.05, 4.69) is 0 Å². The van der Waals surface area contributed by atoms with Crippen LogP contribution < -0.4 is 0 Å². The Morgan fingerprint density at radius 3 is 2.15 bits per heavy atom. The number of hydrogen-bond acceptors (Lipinski definition) is 4. The van der Waals surface area contributed by atoms with E-state index in [4.69, 9.17) is 9.47 Å². The van der Waals surface area contributed by atoms with E-state index < -0.39 is 42.8 Å². The van der Waals surface area contributed by atoms with Crippen LogP contribution in [0.1, 0.15) is 56.4 Å². The number of halogens is 3. The van der Waals surface area contributed by atoms with Gasteiger partial charge >= 0.3 is 18.2 Å². The van der Waals surface area contributed by atoms with Gasteiger partial charge in [0.05, 0.1) is 6.61 Å². The van der Waals surface area contributed by atoms with Gasteiger partial charge in [0, 0.05) is 6.42 Å². The highest BCUT2D eigenvalue weighted by Gasteiger charge is 2.48. The van der Waals surface area contributed by atoms with Crippen molar-refractivity contribution in [3.63, 3.8) is 0 Å². The minimum atomic E-state index is -4.35. The van der Waals surface area contributed by atoms with Gasteiger partial charge in [-0.25, -0.2) is 9.59 Å². The Labute approximate surface area is 191 Å². The number of morpholine rings is 1. The van der Waals surface area contributed by atoms with Crippen LogP contribution in [0, 0.1) is 5.92 Å². The van der Waals surface area contributed by atoms with E-state index in [-0.39, 0.29) is 25.4 Å². The zero-order chi connectivity index (χ0) is 24.0. The number of ether oxygens (including phenoxy) is 2. The van der Waals surface area contributed by atoms with Crippen molar-refractivity contribution in [2.45, 2.75) is 57.5 Å². The van der Waals surface area contributed by atoms with Gasteiger partial charge in [-0.05, 0) is 29.9 Å². The van der Waals surface area contributed by atoms with E-state index in [1.807, 2.05) is 26.0 Å².